The van der Waals surface area contributed by atoms with Crippen LogP contribution in [0.5, 0.6) is 17.4 Å². The van der Waals surface area contributed by atoms with Crippen LogP contribution in [0.1, 0.15) is 30.5 Å². The lowest BCUT2D eigenvalue weighted by Crippen LogP contribution is -2.02. The summed E-state index contributed by atoms with van der Waals surface area (Å²) in [5.41, 5.74) is 8.17. The Bertz CT molecular complexity index is 629. The first-order valence-electron chi connectivity index (χ1n) is 6.84. The van der Waals surface area contributed by atoms with Gasteiger partial charge in [-0.25, -0.2) is 9.97 Å². The third kappa shape index (κ3) is 2.39. The van der Waals surface area contributed by atoms with Crippen molar-refractivity contribution in [2.24, 2.45) is 0 Å². The van der Waals surface area contributed by atoms with E-state index in [1.807, 2.05) is 0 Å². The van der Waals surface area contributed by atoms with Gasteiger partial charge in [0.25, 0.3) is 0 Å². The van der Waals surface area contributed by atoms with Crippen LogP contribution in [0.15, 0.2) is 24.5 Å². The molecule has 2 aromatic rings. The van der Waals surface area contributed by atoms with E-state index in [1.54, 1.807) is 12.1 Å². The second-order valence-electron chi connectivity index (χ2n) is 4.96. The fourth-order valence-electron chi connectivity index (χ4n) is 2.48. The Morgan fingerprint density at radius 3 is 2.85 bits per heavy atom. The van der Waals surface area contributed by atoms with E-state index < -0.39 is 0 Å². The second kappa shape index (κ2) is 5.36. The van der Waals surface area contributed by atoms with Gasteiger partial charge in [-0.3, -0.25) is 0 Å². The Morgan fingerprint density at radius 2 is 1.95 bits per heavy atom. The van der Waals surface area contributed by atoms with E-state index in [2.05, 4.69) is 9.97 Å². The number of ether oxygens (including phenoxy) is 1. The number of benzene rings is 1. The van der Waals surface area contributed by atoms with Crippen LogP contribution < -0.4 is 10.5 Å². The molecule has 0 saturated carbocycles. The molecule has 1 aliphatic rings. The van der Waals surface area contributed by atoms with Crippen molar-refractivity contribution < 1.29 is 9.84 Å². The standard InChI is InChI=1S/C15H17N3O2/c16-14-12(19)7-4-8-13(14)20-15-10-5-2-1-3-6-11(10)17-9-18-15/h4,7-9,19H,1-3,5-6,16H2. The van der Waals surface area contributed by atoms with E-state index >= 15 is 0 Å². The van der Waals surface area contributed by atoms with Crippen molar-refractivity contribution in [2.45, 2.75) is 32.1 Å². The quantitative estimate of drug-likeness (QED) is 0.498. The van der Waals surface area contributed by atoms with Gasteiger partial charge in [-0.2, -0.15) is 0 Å². The Hall–Kier alpha value is -2.30. The molecule has 0 radical (unpaired) electrons. The Labute approximate surface area is 117 Å². The molecule has 3 N–H and O–H groups in total. The van der Waals surface area contributed by atoms with Crippen molar-refractivity contribution in [1.82, 2.24) is 9.97 Å². The van der Waals surface area contributed by atoms with Gasteiger partial charge in [0.05, 0.1) is 5.69 Å². The molecule has 0 saturated heterocycles. The summed E-state index contributed by atoms with van der Waals surface area (Å²) >= 11 is 0. The van der Waals surface area contributed by atoms with Crippen molar-refractivity contribution in [2.75, 3.05) is 5.73 Å². The lowest BCUT2D eigenvalue weighted by Gasteiger charge is -2.13. The minimum absolute atomic E-state index is 0.0163. The zero-order valence-electron chi connectivity index (χ0n) is 11.2. The lowest BCUT2D eigenvalue weighted by molar-refractivity contribution is 0.443. The van der Waals surface area contributed by atoms with E-state index in [9.17, 15) is 5.11 Å². The summed E-state index contributed by atoms with van der Waals surface area (Å²) < 4.78 is 5.81. The maximum Gasteiger partial charge on any atom is 0.225 e. The lowest BCUT2D eigenvalue weighted by atomic mass is 10.1. The number of rotatable bonds is 2. The average molecular weight is 271 g/mol. The number of aromatic hydroxyl groups is 1. The molecular weight excluding hydrogens is 254 g/mol. The summed E-state index contributed by atoms with van der Waals surface area (Å²) in [4.78, 5) is 8.58. The van der Waals surface area contributed by atoms with Crippen LogP contribution >= 0.6 is 0 Å². The number of nitrogens with zero attached hydrogens (tertiary/aromatic N) is 2. The first-order chi connectivity index (χ1) is 9.75. The van der Waals surface area contributed by atoms with Gasteiger partial charge >= 0.3 is 0 Å². The fraction of sp³-hybridized carbons (Fsp3) is 0.333. The number of fused-ring (bicyclic) bond motifs is 1. The molecule has 5 heteroatoms. The summed E-state index contributed by atoms with van der Waals surface area (Å²) in [5.74, 6) is 0.993. The second-order valence-corrected chi connectivity index (χ2v) is 4.96. The van der Waals surface area contributed by atoms with Crippen LogP contribution in [0.25, 0.3) is 0 Å². The van der Waals surface area contributed by atoms with Crippen LogP contribution in [0, 0.1) is 0 Å². The van der Waals surface area contributed by atoms with Crippen LogP contribution in [0.2, 0.25) is 0 Å². The number of hydrogen-bond donors (Lipinski definition) is 2. The van der Waals surface area contributed by atoms with Crippen LogP contribution in [-0.2, 0) is 12.8 Å². The van der Waals surface area contributed by atoms with Crippen molar-refractivity contribution in [3.05, 3.63) is 35.8 Å². The molecule has 0 bridgehead atoms. The van der Waals surface area contributed by atoms with Crippen molar-refractivity contribution in [3.63, 3.8) is 0 Å². The highest BCUT2D eigenvalue weighted by molar-refractivity contribution is 5.62. The number of nitrogens with two attached hydrogens (primary N) is 1. The van der Waals surface area contributed by atoms with E-state index in [-0.39, 0.29) is 11.4 Å². The van der Waals surface area contributed by atoms with Gasteiger partial charge in [-0.1, -0.05) is 12.5 Å². The molecule has 0 atom stereocenters. The minimum atomic E-state index is 0.0163. The highest BCUT2D eigenvalue weighted by atomic mass is 16.5. The van der Waals surface area contributed by atoms with Crippen molar-refractivity contribution >= 4 is 5.69 Å². The number of para-hydroxylation sites is 1. The number of phenols is 1. The van der Waals surface area contributed by atoms with Gasteiger partial charge in [0.1, 0.15) is 17.8 Å². The van der Waals surface area contributed by atoms with Gasteiger partial charge in [0.2, 0.25) is 5.88 Å². The van der Waals surface area contributed by atoms with Crippen molar-refractivity contribution in [1.29, 1.82) is 0 Å². The molecule has 0 amide bonds. The predicted molar refractivity (Wildman–Crippen MR) is 75.9 cm³/mol. The van der Waals surface area contributed by atoms with E-state index in [0.29, 0.717) is 11.6 Å². The molecule has 0 unspecified atom stereocenters. The molecule has 20 heavy (non-hydrogen) atoms. The fourth-order valence-corrected chi connectivity index (χ4v) is 2.48. The van der Waals surface area contributed by atoms with Crippen LogP contribution in [-0.4, -0.2) is 15.1 Å². The zero-order valence-corrected chi connectivity index (χ0v) is 11.2. The normalized spacial score (nSPS) is 14.4. The molecule has 104 valence electrons. The number of phenolic OH excluding ortho intramolecular Hbond substituents is 1. The highest BCUT2D eigenvalue weighted by Crippen LogP contribution is 2.35. The summed E-state index contributed by atoms with van der Waals surface area (Å²) in [6.07, 6.45) is 6.88. The number of aryl methyl sites for hydroxylation is 1. The monoisotopic (exact) mass is 271 g/mol. The van der Waals surface area contributed by atoms with Crippen molar-refractivity contribution in [3.8, 4) is 17.4 Å². The maximum absolute atomic E-state index is 9.62. The SMILES string of the molecule is Nc1c(O)cccc1Oc1ncnc2c1CCCCC2. The van der Waals surface area contributed by atoms with Gasteiger partial charge in [0, 0.05) is 5.56 Å². The summed E-state index contributed by atoms with van der Waals surface area (Å²) in [6, 6.07) is 4.95. The Morgan fingerprint density at radius 1 is 1.10 bits per heavy atom. The molecule has 1 aliphatic carbocycles. The van der Waals surface area contributed by atoms with Gasteiger partial charge in [-0.15, -0.1) is 0 Å². The number of nitrogen functional groups attached to an aromatic ring is 1. The first-order valence-corrected chi connectivity index (χ1v) is 6.84. The topological polar surface area (TPSA) is 81.3 Å². The minimum Gasteiger partial charge on any atom is -0.506 e. The number of anilines is 1. The Kier molecular flexibility index (Phi) is 3.41. The molecular formula is C15H17N3O2. The van der Waals surface area contributed by atoms with Crippen LogP contribution in [0.4, 0.5) is 5.69 Å². The molecule has 5 nitrogen and oxygen atoms in total. The zero-order chi connectivity index (χ0) is 13.9. The third-order valence-corrected chi connectivity index (χ3v) is 3.59. The molecule has 1 aromatic carbocycles. The summed E-state index contributed by atoms with van der Waals surface area (Å²) in [7, 11) is 0. The summed E-state index contributed by atoms with van der Waals surface area (Å²) in [6.45, 7) is 0. The molecule has 0 spiro atoms. The molecule has 0 aliphatic heterocycles. The summed E-state index contributed by atoms with van der Waals surface area (Å²) in [5, 5.41) is 9.62. The smallest absolute Gasteiger partial charge is 0.225 e. The van der Waals surface area contributed by atoms with E-state index in [0.717, 1.165) is 36.9 Å². The molecule has 1 heterocycles. The molecule has 1 aromatic heterocycles. The Balaban J connectivity index is 1.97. The average Bonchev–Trinajstić information content (AvgIpc) is 2.70. The molecule has 3 rings (SSSR count). The third-order valence-electron chi connectivity index (χ3n) is 3.59. The van der Waals surface area contributed by atoms with Gasteiger partial charge in [0.15, 0.2) is 5.75 Å². The largest absolute Gasteiger partial charge is 0.506 e. The van der Waals surface area contributed by atoms with E-state index in [4.69, 9.17) is 10.5 Å². The van der Waals surface area contributed by atoms with Gasteiger partial charge in [-0.05, 0) is 37.8 Å². The number of aromatic nitrogens is 2. The molecule has 0 fully saturated rings. The first kappa shape index (κ1) is 12.7. The van der Waals surface area contributed by atoms with E-state index in [1.165, 1.54) is 18.8 Å². The number of hydrogen-bond acceptors (Lipinski definition) is 5. The maximum atomic E-state index is 9.62. The predicted octanol–water partition coefficient (Wildman–Crippen LogP) is 2.83. The highest BCUT2D eigenvalue weighted by Gasteiger charge is 2.17. The van der Waals surface area contributed by atoms with Gasteiger partial charge < -0.3 is 15.6 Å². The van der Waals surface area contributed by atoms with Crippen LogP contribution in [0.3, 0.4) is 0 Å².